The minimum absolute atomic E-state index is 0.579. The summed E-state index contributed by atoms with van der Waals surface area (Å²) < 4.78 is 9.23. The molecule has 0 radical (unpaired) electrons. The van der Waals surface area contributed by atoms with Crippen molar-refractivity contribution in [2.45, 2.75) is 0 Å². The second kappa shape index (κ2) is 22.6. The Labute approximate surface area is 540 Å². The van der Waals surface area contributed by atoms with Crippen molar-refractivity contribution in [3.05, 3.63) is 334 Å². The molecule has 0 atom stereocenters. The number of rotatable bonds is 9. The molecule has 7 aromatic heterocycles. The average Bonchev–Trinajstić information content (AvgIpc) is 1.60. The molecule has 0 bridgehead atoms. The van der Waals surface area contributed by atoms with E-state index >= 15 is 0 Å². The van der Waals surface area contributed by atoms with Crippen LogP contribution < -0.4 is 0 Å². The third kappa shape index (κ3) is 9.05. The molecule has 0 N–H and O–H groups in total. The molecule has 0 aliphatic carbocycles. The van der Waals surface area contributed by atoms with Crippen molar-refractivity contribution in [3.8, 4) is 79.2 Å². The fourth-order valence-electron chi connectivity index (χ4n) is 14.1. The SMILES string of the molecule is c1ccc(-c2ccc(-n3c4ccccc4c4cc(-c5cccc6c5c5cnccc5n6-c5ccccc5)ccc43)cc2)cc1.c1ccc(-c2nc(-c3ccccc3)nc(-n3c4ccccc4c4cc(-c5cccc6c5c5cnccc5n6-c5ccccc5)ccc43)n2)cc1. The summed E-state index contributed by atoms with van der Waals surface area (Å²) in [5.74, 6) is 1.84. The van der Waals surface area contributed by atoms with Gasteiger partial charge in [-0.1, -0.05) is 212 Å². The molecule has 9 heteroatoms. The average molecular weight is 1200 g/mol. The molecule has 7 heterocycles. The zero-order valence-electron chi connectivity index (χ0n) is 50.8. The first-order valence-corrected chi connectivity index (χ1v) is 31.6. The summed E-state index contributed by atoms with van der Waals surface area (Å²) in [6.45, 7) is 0. The van der Waals surface area contributed by atoms with Gasteiger partial charge in [0.05, 0.1) is 44.1 Å². The maximum atomic E-state index is 5.09. The Morgan fingerprint density at radius 1 is 0.213 bits per heavy atom. The van der Waals surface area contributed by atoms with E-state index in [1.54, 1.807) is 0 Å². The molecule has 19 aromatic rings. The summed E-state index contributed by atoms with van der Waals surface area (Å²) in [6.07, 6.45) is 7.74. The van der Waals surface area contributed by atoms with Crippen LogP contribution in [0.25, 0.3) is 166 Å². The molecule has 9 nitrogen and oxygen atoms in total. The summed E-state index contributed by atoms with van der Waals surface area (Å²) in [6, 6.07) is 109. The van der Waals surface area contributed by atoms with Crippen LogP contribution in [-0.4, -0.2) is 43.2 Å². The zero-order valence-corrected chi connectivity index (χ0v) is 50.8. The van der Waals surface area contributed by atoms with E-state index in [0.29, 0.717) is 17.6 Å². The van der Waals surface area contributed by atoms with Gasteiger partial charge < -0.3 is 13.7 Å². The summed E-state index contributed by atoms with van der Waals surface area (Å²) in [5, 5.41) is 9.43. The molecule has 0 spiro atoms. The largest absolute Gasteiger partial charge is 0.309 e. The van der Waals surface area contributed by atoms with Crippen molar-refractivity contribution in [2.75, 3.05) is 0 Å². The monoisotopic (exact) mass is 1200 g/mol. The first kappa shape index (κ1) is 54.1. The lowest BCUT2D eigenvalue weighted by atomic mass is 9.98. The standard InChI is InChI=1S/C44H28N6.C41H27N3/c1-4-13-29(14-5-1)42-46-43(30-15-6-2-7-16-30)48-44(47-42)50-37-21-11-10-19-34(37)35-27-31(23-24-38(35)50)33-20-12-22-40-41(33)36-28-45-26-25-39(36)49(40)32-17-8-3-9-18-32;1-3-10-28(11-4-1)29-18-21-32(22-19-29)43-37-16-8-7-14-34(37)35-26-30(20-23-38(35)43)33-15-9-17-40-41(33)36-27-42-25-24-39(36)44(40)31-12-5-2-6-13-31/h1-28H;1-27H. The van der Waals surface area contributed by atoms with E-state index in [1.165, 1.54) is 60.3 Å². The van der Waals surface area contributed by atoms with Gasteiger partial charge in [-0.05, 0) is 130 Å². The van der Waals surface area contributed by atoms with Gasteiger partial charge in [-0.25, -0.2) is 4.98 Å². The molecule has 94 heavy (non-hydrogen) atoms. The van der Waals surface area contributed by atoms with Gasteiger partial charge in [-0.15, -0.1) is 0 Å². The summed E-state index contributed by atoms with van der Waals surface area (Å²) in [4.78, 5) is 24.2. The van der Waals surface area contributed by atoms with Crippen LogP contribution in [0.2, 0.25) is 0 Å². The van der Waals surface area contributed by atoms with E-state index in [9.17, 15) is 0 Å². The van der Waals surface area contributed by atoms with Crippen LogP contribution in [0.5, 0.6) is 0 Å². The van der Waals surface area contributed by atoms with E-state index in [-0.39, 0.29) is 0 Å². The fraction of sp³-hybridized carbons (Fsp3) is 0. The van der Waals surface area contributed by atoms with Crippen LogP contribution in [0, 0.1) is 0 Å². The Morgan fingerprint density at radius 3 is 1.05 bits per heavy atom. The molecule has 19 rings (SSSR count). The highest BCUT2D eigenvalue weighted by atomic mass is 15.2. The van der Waals surface area contributed by atoms with Crippen molar-refractivity contribution in [1.82, 2.24) is 43.2 Å². The van der Waals surface area contributed by atoms with Crippen molar-refractivity contribution in [1.29, 1.82) is 0 Å². The zero-order chi connectivity index (χ0) is 62.1. The molecule has 0 unspecified atom stereocenters. The highest BCUT2D eigenvalue weighted by molar-refractivity contribution is 6.19. The lowest BCUT2D eigenvalue weighted by molar-refractivity contribution is 0.953. The third-order valence-corrected chi connectivity index (χ3v) is 18.3. The number of pyridine rings is 2. The van der Waals surface area contributed by atoms with Gasteiger partial charge in [0.25, 0.3) is 0 Å². The summed E-state index contributed by atoms with van der Waals surface area (Å²) >= 11 is 0. The topological polar surface area (TPSA) is 84.2 Å². The predicted octanol–water partition coefficient (Wildman–Crippen LogP) is 21.1. The number of nitrogens with zero attached hydrogens (tertiary/aromatic N) is 9. The maximum Gasteiger partial charge on any atom is 0.238 e. The molecule has 0 aliphatic rings. The van der Waals surface area contributed by atoms with Gasteiger partial charge in [0.1, 0.15) is 0 Å². The quantitative estimate of drug-likeness (QED) is 0.144. The lowest BCUT2D eigenvalue weighted by Crippen LogP contribution is -2.06. The molecule has 0 fully saturated rings. The van der Waals surface area contributed by atoms with Crippen LogP contribution in [0.1, 0.15) is 0 Å². The number of para-hydroxylation sites is 4. The van der Waals surface area contributed by atoms with Crippen LogP contribution in [0.3, 0.4) is 0 Å². The van der Waals surface area contributed by atoms with Crippen molar-refractivity contribution >= 4 is 87.2 Å². The van der Waals surface area contributed by atoms with Gasteiger partial charge in [-0.3, -0.25) is 14.5 Å². The van der Waals surface area contributed by atoms with Crippen LogP contribution >= 0.6 is 0 Å². The van der Waals surface area contributed by atoms with Crippen LogP contribution in [0.4, 0.5) is 0 Å². The maximum absolute atomic E-state index is 5.09. The van der Waals surface area contributed by atoms with Gasteiger partial charge in [0.2, 0.25) is 5.95 Å². The van der Waals surface area contributed by atoms with Gasteiger partial charge >= 0.3 is 0 Å². The minimum atomic E-state index is 0.579. The Morgan fingerprint density at radius 2 is 0.564 bits per heavy atom. The normalized spacial score (nSPS) is 11.6. The fourth-order valence-corrected chi connectivity index (χ4v) is 14.1. The first-order chi connectivity index (χ1) is 46.7. The van der Waals surface area contributed by atoms with E-state index in [4.69, 9.17) is 15.0 Å². The van der Waals surface area contributed by atoms with Gasteiger partial charge in [0.15, 0.2) is 11.6 Å². The van der Waals surface area contributed by atoms with E-state index in [1.807, 2.05) is 85.5 Å². The molecular formula is C85H55N9. The Bertz CT molecular complexity index is 6020. The second-order valence-electron chi connectivity index (χ2n) is 23.6. The second-order valence-corrected chi connectivity index (χ2v) is 23.6. The van der Waals surface area contributed by atoms with Crippen LogP contribution in [-0.2, 0) is 0 Å². The number of fused-ring (bicyclic) bond motifs is 12. The number of aromatic nitrogens is 9. The number of hydrogen-bond donors (Lipinski definition) is 0. The first-order valence-electron chi connectivity index (χ1n) is 31.6. The molecule has 0 saturated carbocycles. The van der Waals surface area contributed by atoms with Crippen molar-refractivity contribution < 1.29 is 0 Å². The smallest absolute Gasteiger partial charge is 0.238 e. The predicted molar refractivity (Wildman–Crippen MR) is 386 cm³/mol. The van der Waals surface area contributed by atoms with E-state index < -0.39 is 0 Å². The van der Waals surface area contributed by atoms with Crippen LogP contribution in [0.15, 0.2) is 334 Å². The molecule has 12 aromatic carbocycles. The Hall–Kier alpha value is -12.9. The van der Waals surface area contributed by atoms with E-state index in [0.717, 1.165) is 88.4 Å². The lowest BCUT2D eigenvalue weighted by Gasteiger charge is -2.11. The third-order valence-electron chi connectivity index (χ3n) is 18.3. The van der Waals surface area contributed by atoms with Crippen molar-refractivity contribution in [3.63, 3.8) is 0 Å². The Kier molecular flexibility index (Phi) is 13.0. The molecule has 0 amide bonds. The molecular weight excluding hydrogens is 1150 g/mol. The summed E-state index contributed by atoms with van der Waals surface area (Å²) in [7, 11) is 0. The van der Waals surface area contributed by atoms with E-state index in [2.05, 4.69) is 277 Å². The highest BCUT2D eigenvalue weighted by Gasteiger charge is 2.23. The van der Waals surface area contributed by atoms with Crippen molar-refractivity contribution in [2.24, 2.45) is 0 Å². The minimum Gasteiger partial charge on any atom is -0.309 e. The summed E-state index contributed by atoms with van der Waals surface area (Å²) in [5.41, 5.74) is 21.5. The molecule has 0 saturated heterocycles. The molecule has 0 aliphatic heterocycles. The van der Waals surface area contributed by atoms with Gasteiger partial charge in [-0.2, -0.15) is 9.97 Å². The highest BCUT2D eigenvalue weighted by Crippen LogP contribution is 2.44. The Balaban J connectivity index is 0.000000139. The van der Waals surface area contributed by atoms with Gasteiger partial charge in [0, 0.05) is 96.1 Å². The number of hydrogen-bond acceptors (Lipinski definition) is 5. The number of benzene rings is 12. The molecule has 440 valence electrons.